The number of hydrogen-bond donors (Lipinski definition) is 0. The third-order valence-electron chi connectivity index (χ3n) is 1.25. The average Bonchev–Trinajstić information content (AvgIpc) is 1.88. The Balaban J connectivity index is 0. The molecular formula is C11H24. The maximum Gasteiger partial charge on any atom is -0.0262 e. The van der Waals surface area contributed by atoms with Crippen LogP contribution < -0.4 is 0 Å². The van der Waals surface area contributed by atoms with Gasteiger partial charge in [0.25, 0.3) is 0 Å². The largest absolute Gasteiger partial charge is 0.103 e. The SMILES string of the molecule is C=CC(C)CC(C)C.CCC. The summed E-state index contributed by atoms with van der Waals surface area (Å²) in [5.41, 5.74) is 0. The second-order valence-electron chi connectivity index (χ2n) is 3.55. The summed E-state index contributed by atoms with van der Waals surface area (Å²) in [4.78, 5) is 0. The summed E-state index contributed by atoms with van der Waals surface area (Å²) in [6.07, 6.45) is 4.53. The lowest BCUT2D eigenvalue weighted by Crippen LogP contribution is -1.94. The van der Waals surface area contributed by atoms with Crippen LogP contribution in [0.5, 0.6) is 0 Å². The maximum atomic E-state index is 3.71. The molecule has 0 aromatic rings. The number of hydrogen-bond acceptors (Lipinski definition) is 0. The van der Waals surface area contributed by atoms with Gasteiger partial charge in [0.15, 0.2) is 0 Å². The van der Waals surface area contributed by atoms with Crippen LogP contribution >= 0.6 is 0 Å². The van der Waals surface area contributed by atoms with Gasteiger partial charge < -0.3 is 0 Å². The quantitative estimate of drug-likeness (QED) is 0.535. The molecule has 0 bridgehead atoms. The van der Waals surface area contributed by atoms with E-state index >= 15 is 0 Å². The molecule has 1 atom stereocenters. The van der Waals surface area contributed by atoms with Crippen molar-refractivity contribution in [1.82, 2.24) is 0 Å². The fraction of sp³-hybridized carbons (Fsp3) is 0.818. The van der Waals surface area contributed by atoms with Gasteiger partial charge in [-0.2, -0.15) is 0 Å². The van der Waals surface area contributed by atoms with Gasteiger partial charge in [-0.05, 0) is 18.3 Å². The fourth-order valence-corrected chi connectivity index (χ4v) is 0.840. The molecule has 0 aromatic carbocycles. The van der Waals surface area contributed by atoms with E-state index in [9.17, 15) is 0 Å². The minimum atomic E-state index is 0.690. The van der Waals surface area contributed by atoms with E-state index in [0.29, 0.717) is 5.92 Å². The monoisotopic (exact) mass is 156 g/mol. The van der Waals surface area contributed by atoms with Crippen LogP contribution in [0.3, 0.4) is 0 Å². The Morgan fingerprint density at radius 1 is 1.18 bits per heavy atom. The van der Waals surface area contributed by atoms with Gasteiger partial charge in [0.05, 0.1) is 0 Å². The van der Waals surface area contributed by atoms with Crippen molar-refractivity contribution in [3.8, 4) is 0 Å². The lowest BCUT2D eigenvalue weighted by Gasteiger charge is -2.06. The second kappa shape index (κ2) is 9.74. The van der Waals surface area contributed by atoms with Crippen molar-refractivity contribution in [2.75, 3.05) is 0 Å². The molecule has 0 N–H and O–H groups in total. The van der Waals surface area contributed by atoms with E-state index in [4.69, 9.17) is 0 Å². The highest BCUT2D eigenvalue weighted by Gasteiger charge is 1.97. The first-order valence-electron chi connectivity index (χ1n) is 4.70. The Kier molecular flexibility index (Phi) is 11.8. The van der Waals surface area contributed by atoms with Gasteiger partial charge in [0, 0.05) is 0 Å². The third kappa shape index (κ3) is 17.7. The van der Waals surface area contributed by atoms with Gasteiger partial charge in [-0.1, -0.05) is 47.1 Å². The van der Waals surface area contributed by atoms with Crippen molar-refractivity contribution >= 4 is 0 Å². The highest BCUT2D eigenvalue weighted by molar-refractivity contribution is 4.75. The smallest absolute Gasteiger partial charge is 0.0262 e. The van der Waals surface area contributed by atoms with Gasteiger partial charge in [0.2, 0.25) is 0 Å². The normalized spacial score (nSPS) is 11.8. The summed E-state index contributed by atoms with van der Waals surface area (Å²) in [6.45, 7) is 14.6. The minimum Gasteiger partial charge on any atom is -0.103 e. The molecule has 0 radical (unpaired) electrons. The zero-order valence-corrected chi connectivity index (χ0v) is 8.85. The van der Waals surface area contributed by atoms with E-state index in [2.05, 4.69) is 41.2 Å². The zero-order valence-electron chi connectivity index (χ0n) is 8.85. The van der Waals surface area contributed by atoms with Crippen LogP contribution in [-0.4, -0.2) is 0 Å². The first-order chi connectivity index (χ1) is 5.08. The molecule has 0 spiro atoms. The van der Waals surface area contributed by atoms with E-state index < -0.39 is 0 Å². The van der Waals surface area contributed by atoms with Crippen LogP contribution in [0.4, 0.5) is 0 Å². The molecule has 0 heterocycles. The standard InChI is InChI=1S/C8H16.C3H8/c1-5-8(4)6-7(2)3;1-3-2/h5,7-8H,1,6H2,2-4H3;3H2,1-2H3. The Morgan fingerprint density at radius 3 is 1.64 bits per heavy atom. The molecule has 0 aromatic heterocycles. The summed E-state index contributed by atoms with van der Waals surface area (Å²) in [6, 6.07) is 0. The zero-order chi connectivity index (χ0) is 9.28. The predicted octanol–water partition coefficient (Wildman–Crippen LogP) is 4.27. The van der Waals surface area contributed by atoms with Crippen molar-refractivity contribution in [3.63, 3.8) is 0 Å². The van der Waals surface area contributed by atoms with Gasteiger partial charge >= 0.3 is 0 Å². The average molecular weight is 156 g/mol. The molecule has 1 unspecified atom stereocenters. The molecule has 68 valence electrons. The highest BCUT2D eigenvalue weighted by Crippen LogP contribution is 2.10. The lowest BCUT2D eigenvalue weighted by atomic mass is 9.99. The third-order valence-corrected chi connectivity index (χ3v) is 1.25. The van der Waals surface area contributed by atoms with E-state index in [-0.39, 0.29) is 0 Å². The van der Waals surface area contributed by atoms with E-state index in [1.165, 1.54) is 12.8 Å². The van der Waals surface area contributed by atoms with Crippen LogP contribution in [0.2, 0.25) is 0 Å². The van der Waals surface area contributed by atoms with E-state index in [1.54, 1.807) is 0 Å². The Morgan fingerprint density at radius 2 is 1.55 bits per heavy atom. The van der Waals surface area contributed by atoms with Crippen LogP contribution in [-0.2, 0) is 0 Å². The molecule has 0 aliphatic rings. The van der Waals surface area contributed by atoms with Gasteiger partial charge in [-0.15, -0.1) is 6.58 Å². The first-order valence-corrected chi connectivity index (χ1v) is 4.70. The van der Waals surface area contributed by atoms with Gasteiger partial charge in [-0.25, -0.2) is 0 Å². The first kappa shape index (κ1) is 13.3. The summed E-state index contributed by atoms with van der Waals surface area (Å²) in [5, 5.41) is 0. The van der Waals surface area contributed by atoms with Crippen molar-refractivity contribution in [3.05, 3.63) is 12.7 Å². The Bertz CT molecular complexity index is 72.1. The molecule has 0 saturated heterocycles. The molecule has 0 rings (SSSR count). The molecule has 0 aliphatic carbocycles. The van der Waals surface area contributed by atoms with Crippen LogP contribution in [0, 0.1) is 11.8 Å². The van der Waals surface area contributed by atoms with Crippen LogP contribution in [0.15, 0.2) is 12.7 Å². The molecule has 0 heteroatoms. The summed E-state index contributed by atoms with van der Waals surface area (Å²) >= 11 is 0. The minimum absolute atomic E-state index is 0.690. The molecule has 0 fully saturated rings. The molecule has 0 nitrogen and oxygen atoms in total. The van der Waals surface area contributed by atoms with Crippen molar-refractivity contribution < 1.29 is 0 Å². The van der Waals surface area contributed by atoms with E-state index in [1.807, 2.05) is 6.08 Å². The van der Waals surface area contributed by atoms with Gasteiger partial charge in [0.1, 0.15) is 0 Å². The van der Waals surface area contributed by atoms with Crippen LogP contribution in [0.25, 0.3) is 0 Å². The second-order valence-corrected chi connectivity index (χ2v) is 3.55. The Hall–Kier alpha value is -0.260. The number of rotatable bonds is 3. The maximum absolute atomic E-state index is 3.71. The topological polar surface area (TPSA) is 0 Å². The molecule has 0 saturated carbocycles. The summed E-state index contributed by atoms with van der Waals surface area (Å²) in [7, 11) is 0. The molecule has 0 aliphatic heterocycles. The van der Waals surface area contributed by atoms with Crippen molar-refractivity contribution in [2.24, 2.45) is 11.8 Å². The molecule has 11 heavy (non-hydrogen) atoms. The molecular weight excluding hydrogens is 132 g/mol. The number of allylic oxidation sites excluding steroid dienone is 1. The molecule has 0 amide bonds. The summed E-state index contributed by atoms with van der Waals surface area (Å²) in [5.74, 6) is 1.50. The fourth-order valence-electron chi connectivity index (χ4n) is 0.840. The van der Waals surface area contributed by atoms with E-state index in [0.717, 1.165) is 5.92 Å². The predicted molar refractivity (Wildman–Crippen MR) is 54.8 cm³/mol. The Labute approximate surface area is 72.7 Å². The van der Waals surface area contributed by atoms with Gasteiger partial charge in [-0.3, -0.25) is 0 Å². The van der Waals surface area contributed by atoms with Crippen LogP contribution in [0.1, 0.15) is 47.5 Å². The summed E-state index contributed by atoms with van der Waals surface area (Å²) < 4.78 is 0. The lowest BCUT2D eigenvalue weighted by molar-refractivity contribution is 0.503. The van der Waals surface area contributed by atoms with Crippen molar-refractivity contribution in [2.45, 2.75) is 47.5 Å². The highest BCUT2D eigenvalue weighted by atomic mass is 14.0. The van der Waals surface area contributed by atoms with Crippen molar-refractivity contribution in [1.29, 1.82) is 0 Å².